The molecule has 96 valence electrons. The molecular weight excluding hydrogens is 262 g/mol. The molecule has 0 fully saturated rings. The quantitative estimate of drug-likeness (QED) is 0.869. The van der Waals surface area contributed by atoms with Gasteiger partial charge in [0.25, 0.3) is 0 Å². The molecule has 0 unspecified atom stereocenters. The van der Waals surface area contributed by atoms with E-state index >= 15 is 0 Å². The molecule has 4 nitrogen and oxygen atoms in total. The molecule has 0 aliphatic carbocycles. The summed E-state index contributed by atoms with van der Waals surface area (Å²) in [5.74, 6) is 0.281. The van der Waals surface area contributed by atoms with Crippen LogP contribution in [0.15, 0.2) is 23.1 Å². The van der Waals surface area contributed by atoms with Crippen molar-refractivity contribution in [1.82, 2.24) is 4.72 Å². The zero-order chi connectivity index (χ0) is 12.9. The highest BCUT2D eigenvalue weighted by Crippen LogP contribution is 2.27. The molecule has 0 bridgehead atoms. The van der Waals surface area contributed by atoms with E-state index in [1.807, 2.05) is 6.92 Å². The minimum Gasteiger partial charge on any atom is -0.492 e. The predicted molar refractivity (Wildman–Crippen MR) is 68.1 cm³/mol. The van der Waals surface area contributed by atoms with E-state index < -0.39 is 10.0 Å². The molecule has 0 atom stereocenters. The van der Waals surface area contributed by atoms with E-state index in [9.17, 15) is 8.42 Å². The molecule has 0 saturated heterocycles. The van der Waals surface area contributed by atoms with Gasteiger partial charge in [0, 0.05) is 17.6 Å². The molecule has 1 rings (SSSR count). The molecule has 0 aliphatic heterocycles. The average molecular weight is 278 g/mol. The molecule has 0 aromatic heterocycles. The lowest BCUT2D eigenvalue weighted by molar-refractivity contribution is 0.331. The molecule has 1 N–H and O–H groups in total. The minimum atomic E-state index is -3.53. The Hall–Kier alpha value is -0.780. The molecule has 0 aliphatic rings. The van der Waals surface area contributed by atoms with E-state index in [4.69, 9.17) is 16.3 Å². The van der Waals surface area contributed by atoms with Crippen LogP contribution in [0.3, 0.4) is 0 Å². The Balaban J connectivity index is 3.11. The standard InChI is InChI=1S/C11H16ClNO3S/c1-3-7-13-17(14,15)11-6-5-9(12)8-10(11)16-4-2/h5-6,8,13H,3-4,7H2,1-2H3. The van der Waals surface area contributed by atoms with Crippen molar-refractivity contribution in [3.63, 3.8) is 0 Å². The fourth-order valence-corrected chi connectivity index (χ4v) is 2.71. The number of nitrogens with one attached hydrogen (secondary N) is 1. The Morgan fingerprint density at radius 3 is 2.65 bits per heavy atom. The van der Waals surface area contributed by atoms with Crippen molar-refractivity contribution in [1.29, 1.82) is 0 Å². The second-order valence-corrected chi connectivity index (χ2v) is 5.59. The van der Waals surface area contributed by atoms with Gasteiger partial charge in [-0.25, -0.2) is 13.1 Å². The molecule has 1 aromatic carbocycles. The smallest absolute Gasteiger partial charge is 0.244 e. The lowest BCUT2D eigenvalue weighted by Gasteiger charge is -2.11. The maximum atomic E-state index is 12.0. The zero-order valence-corrected chi connectivity index (χ0v) is 11.4. The summed E-state index contributed by atoms with van der Waals surface area (Å²) in [6.07, 6.45) is 0.733. The second kappa shape index (κ2) is 6.23. The van der Waals surface area contributed by atoms with Crippen molar-refractivity contribution in [2.75, 3.05) is 13.2 Å². The monoisotopic (exact) mass is 277 g/mol. The Kier molecular flexibility index (Phi) is 5.24. The highest BCUT2D eigenvalue weighted by Gasteiger charge is 2.19. The Bertz CT molecular complexity index is 474. The fourth-order valence-electron chi connectivity index (χ4n) is 1.29. The van der Waals surface area contributed by atoms with Gasteiger partial charge < -0.3 is 4.74 Å². The first-order valence-electron chi connectivity index (χ1n) is 5.43. The van der Waals surface area contributed by atoms with Gasteiger partial charge in [-0.1, -0.05) is 18.5 Å². The summed E-state index contributed by atoms with van der Waals surface area (Å²) < 4.78 is 31.7. The summed E-state index contributed by atoms with van der Waals surface area (Å²) in [5, 5.41) is 0.447. The van der Waals surface area contributed by atoms with Gasteiger partial charge in [0.15, 0.2) is 0 Å². The van der Waals surface area contributed by atoms with Crippen LogP contribution < -0.4 is 9.46 Å². The van der Waals surface area contributed by atoms with Gasteiger partial charge in [-0.05, 0) is 25.5 Å². The van der Waals surface area contributed by atoms with Crippen molar-refractivity contribution in [2.45, 2.75) is 25.2 Å². The van der Waals surface area contributed by atoms with Gasteiger partial charge in [-0.2, -0.15) is 0 Å². The Morgan fingerprint density at radius 1 is 1.35 bits per heavy atom. The number of hydrogen-bond donors (Lipinski definition) is 1. The van der Waals surface area contributed by atoms with Gasteiger partial charge >= 0.3 is 0 Å². The lowest BCUT2D eigenvalue weighted by atomic mass is 10.3. The average Bonchev–Trinajstić information content (AvgIpc) is 2.27. The molecule has 6 heteroatoms. The van der Waals surface area contributed by atoms with E-state index in [-0.39, 0.29) is 10.6 Å². The summed E-state index contributed by atoms with van der Waals surface area (Å²) in [5.41, 5.74) is 0. The number of ether oxygens (including phenoxy) is 1. The first-order chi connectivity index (χ1) is 8.01. The SMILES string of the molecule is CCCNS(=O)(=O)c1ccc(Cl)cc1OCC. The highest BCUT2D eigenvalue weighted by molar-refractivity contribution is 7.89. The molecule has 17 heavy (non-hydrogen) atoms. The van der Waals surface area contributed by atoms with Crippen molar-refractivity contribution in [3.8, 4) is 5.75 Å². The van der Waals surface area contributed by atoms with Crippen LogP contribution in [-0.4, -0.2) is 21.6 Å². The van der Waals surface area contributed by atoms with E-state index in [0.717, 1.165) is 6.42 Å². The largest absolute Gasteiger partial charge is 0.492 e. The third-order valence-electron chi connectivity index (χ3n) is 2.04. The first kappa shape index (κ1) is 14.3. The summed E-state index contributed by atoms with van der Waals surface area (Å²) in [6, 6.07) is 4.49. The maximum Gasteiger partial charge on any atom is 0.244 e. The first-order valence-corrected chi connectivity index (χ1v) is 7.29. The molecule has 0 amide bonds. The topological polar surface area (TPSA) is 55.4 Å². The van der Waals surface area contributed by atoms with Crippen LogP contribution in [-0.2, 0) is 10.0 Å². The maximum absolute atomic E-state index is 12.0. The predicted octanol–water partition coefficient (Wildman–Crippen LogP) is 2.43. The van der Waals surface area contributed by atoms with E-state index in [1.165, 1.54) is 18.2 Å². The van der Waals surface area contributed by atoms with Crippen molar-refractivity contribution in [2.24, 2.45) is 0 Å². The van der Waals surface area contributed by atoms with Crippen LogP contribution in [0.1, 0.15) is 20.3 Å². The normalized spacial score (nSPS) is 11.5. The number of benzene rings is 1. The van der Waals surface area contributed by atoms with E-state index in [1.54, 1.807) is 6.92 Å². The van der Waals surface area contributed by atoms with Crippen LogP contribution in [0.5, 0.6) is 5.75 Å². The summed E-state index contributed by atoms with van der Waals surface area (Å²) >= 11 is 5.81. The number of sulfonamides is 1. The van der Waals surface area contributed by atoms with Crippen LogP contribution in [0.25, 0.3) is 0 Å². The van der Waals surface area contributed by atoms with Crippen LogP contribution in [0, 0.1) is 0 Å². The van der Waals surface area contributed by atoms with Crippen LogP contribution in [0.4, 0.5) is 0 Å². The molecule has 0 saturated carbocycles. The Morgan fingerprint density at radius 2 is 2.06 bits per heavy atom. The van der Waals surface area contributed by atoms with Crippen molar-refractivity contribution < 1.29 is 13.2 Å². The second-order valence-electron chi connectivity index (χ2n) is 3.42. The van der Waals surface area contributed by atoms with Crippen LogP contribution in [0.2, 0.25) is 5.02 Å². The highest BCUT2D eigenvalue weighted by atomic mass is 35.5. The Labute approximate surface area is 107 Å². The molecule has 0 heterocycles. The van der Waals surface area contributed by atoms with E-state index in [2.05, 4.69) is 4.72 Å². The van der Waals surface area contributed by atoms with Gasteiger partial charge in [-0.15, -0.1) is 0 Å². The summed E-state index contributed by atoms with van der Waals surface area (Å²) in [6.45, 7) is 4.47. The van der Waals surface area contributed by atoms with Gasteiger partial charge in [-0.3, -0.25) is 0 Å². The molecule has 0 radical (unpaired) electrons. The van der Waals surface area contributed by atoms with Crippen molar-refractivity contribution in [3.05, 3.63) is 23.2 Å². The van der Waals surface area contributed by atoms with Gasteiger partial charge in [0.05, 0.1) is 6.61 Å². The van der Waals surface area contributed by atoms with Gasteiger partial charge in [0.1, 0.15) is 10.6 Å². The van der Waals surface area contributed by atoms with Crippen LogP contribution >= 0.6 is 11.6 Å². The molecular formula is C11H16ClNO3S. The fraction of sp³-hybridized carbons (Fsp3) is 0.455. The lowest BCUT2D eigenvalue weighted by Crippen LogP contribution is -2.25. The molecule has 1 aromatic rings. The number of hydrogen-bond acceptors (Lipinski definition) is 3. The number of rotatable bonds is 6. The van der Waals surface area contributed by atoms with Gasteiger partial charge in [0.2, 0.25) is 10.0 Å². The summed E-state index contributed by atoms with van der Waals surface area (Å²) in [7, 11) is -3.53. The third-order valence-corrected chi connectivity index (χ3v) is 3.77. The third kappa shape index (κ3) is 3.87. The van der Waals surface area contributed by atoms with Crippen molar-refractivity contribution >= 4 is 21.6 Å². The van der Waals surface area contributed by atoms with E-state index in [0.29, 0.717) is 18.2 Å². The minimum absolute atomic E-state index is 0.122. The number of halogens is 1. The summed E-state index contributed by atoms with van der Waals surface area (Å²) in [4.78, 5) is 0.122. The zero-order valence-electron chi connectivity index (χ0n) is 9.86. The molecule has 0 spiro atoms.